The summed E-state index contributed by atoms with van der Waals surface area (Å²) in [6.07, 6.45) is -2.61. The average molecular weight is 386 g/mol. The lowest BCUT2D eigenvalue weighted by atomic mass is 10.1. The molecule has 6 nitrogen and oxygen atoms in total. The monoisotopic (exact) mass is 386 g/mol. The number of H-pyrrole nitrogens is 1. The highest BCUT2D eigenvalue weighted by atomic mass is 32.2. The molecule has 0 fully saturated rings. The van der Waals surface area contributed by atoms with E-state index in [1.54, 1.807) is 13.0 Å². The molecule has 0 spiro atoms. The molecule has 0 amide bonds. The smallest absolute Gasteiger partial charge is 0.358 e. The molecule has 0 radical (unpaired) electrons. The Morgan fingerprint density at radius 2 is 2.08 bits per heavy atom. The summed E-state index contributed by atoms with van der Waals surface area (Å²) in [5.74, 6) is 0. The van der Waals surface area contributed by atoms with Crippen molar-refractivity contribution in [3.8, 4) is 6.07 Å². The van der Waals surface area contributed by atoms with Gasteiger partial charge in [-0.1, -0.05) is 17.4 Å². The number of nitriles is 1. The molecule has 0 aliphatic rings. The van der Waals surface area contributed by atoms with Gasteiger partial charge >= 0.3 is 6.18 Å². The fraction of sp³-hybridized carbons (Fsp3) is 0.143. The highest BCUT2D eigenvalue weighted by molar-refractivity contribution is 7.94. The van der Waals surface area contributed by atoms with E-state index in [1.807, 2.05) is 6.07 Å². The van der Waals surface area contributed by atoms with Crippen molar-refractivity contribution in [2.45, 2.75) is 17.3 Å². The summed E-state index contributed by atoms with van der Waals surface area (Å²) in [5.41, 5.74) is 1.60. The summed E-state index contributed by atoms with van der Waals surface area (Å²) in [6.45, 7) is 1.76. The third-order valence-electron chi connectivity index (χ3n) is 3.40. The Kier molecular flexibility index (Phi) is 3.97. The van der Waals surface area contributed by atoms with E-state index in [4.69, 9.17) is 5.26 Å². The maximum Gasteiger partial charge on any atom is 0.443 e. The third-order valence-corrected chi connectivity index (χ3v) is 6.27. The third kappa shape index (κ3) is 3.06. The first-order valence-electron chi connectivity index (χ1n) is 6.70. The van der Waals surface area contributed by atoms with E-state index in [1.165, 1.54) is 12.3 Å². The van der Waals surface area contributed by atoms with Gasteiger partial charge in [-0.3, -0.25) is 4.72 Å². The highest BCUT2D eigenvalue weighted by Crippen LogP contribution is 2.35. The minimum absolute atomic E-state index is 0.0351. The summed E-state index contributed by atoms with van der Waals surface area (Å²) in [6, 6.07) is 5.08. The Morgan fingerprint density at radius 1 is 1.36 bits per heavy atom. The zero-order valence-corrected chi connectivity index (χ0v) is 14.1. The van der Waals surface area contributed by atoms with Gasteiger partial charge in [0.25, 0.3) is 10.0 Å². The van der Waals surface area contributed by atoms with Gasteiger partial charge in [0.15, 0.2) is 9.22 Å². The van der Waals surface area contributed by atoms with Gasteiger partial charge in [-0.2, -0.15) is 18.4 Å². The van der Waals surface area contributed by atoms with Crippen molar-refractivity contribution in [2.24, 2.45) is 0 Å². The molecular formula is C14H9F3N4O2S2. The molecule has 2 heterocycles. The molecule has 1 aromatic carbocycles. The van der Waals surface area contributed by atoms with Crippen molar-refractivity contribution in [1.82, 2.24) is 9.97 Å². The van der Waals surface area contributed by atoms with Crippen LogP contribution in [0.5, 0.6) is 0 Å². The second-order valence-electron chi connectivity index (χ2n) is 5.08. The number of thiazole rings is 1. The number of nitrogens with zero attached hydrogens (tertiary/aromatic N) is 2. The van der Waals surface area contributed by atoms with E-state index >= 15 is 0 Å². The fourth-order valence-corrected chi connectivity index (χ4v) is 4.37. The van der Waals surface area contributed by atoms with Gasteiger partial charge in [0.05, 0.1) is 23.0 Å². The van der Waals surface area contributed by atoms with Crippen LogP contribution >= 0.6 is 11.3 Å². The Hall–Kier alpha value is -2.58. The van der Waals surface area contributed by atoms with Crippen molar-refractivity contribution >= 4 is 38.0 Å². The van der Waals surface area contributed by atoms with Crippen LogP contribution in [0.25, 0.3) is 10.9 Å². The van der Waals surface area contributed by atoms with Gasteiger partial charge in [0.1, 0.15) is 6.07 Å². The molecule has 0 atom stereocenters. The molecule has 130 valence electrons. The molecule has 2 N–H and O–H groups in total. The fourth-order valence-electron chi connectivity index (χ4n) is 2.30. The van der Waals surface area contributed by atoms with Crippen molar-refractivity contribution in [2.75, 3.05) is 4.72 Å². The van der Waals surface area contributed by atoms with E-state index in [0.29, 0.717) is 22.7 Å². The van der Waals surface area contributed by atoms with E-state index < -0.39 is 25.4 Å². The predicted molar refractivity (Wildman–Crippen MR) is 85.7 cm³/mol. The normalized spacial score (nSPS) is 12.3. The lowest BCUT2D eigenvalue weighted by Gasteiger charge is -2.08. The lowest BCUT2D eigenvalue weighted by molar-refractivity contribution is -0.137. The number of anilines is 1. The van der Waals surface area contributed by atoms with Crippen LogP contribution in [-0.2, 0) is 16.2 Å². The number of hydrogen-bond acceptors (Lipinski definition) is 5. The van der Waals surface area contributed by atoms with Gasteiger partial charge in [-0.05, 0) is 18.6 Å². The molecule has 25 heavy (non-hydrogen) atoms. The number of aryl methyl sites for hydroxylation is 1. The van der Waals surface area contributed by atoms with E-state index in [9.17, 15) is 21.6 Å². The van der Waals surface area contributed by atoms with E-state index in [-0.39, 0.29) is 17.0 Å². The van der Waals surface area contributed by atoms with Crippen molar-refractivity contribution in [3.05, 3.63) is 40.7 Å². The summed E-state index contributed by atoms with van der Waals surface area (Å²) in [4.78, 5) is 5.92. The standard InChI is InChI=1S/C14H9F3N4O2S2/c1-7-2-3-9(12-11(7)8(4-18)5-19-12)21-25(22,23)10-6-20-13(24-10)14(15,16)17/h2-3,5-6,19,21H,1H3. The number of benzene rings is 1. The van der Waals surface area contributed by atoms with E-state index in [0.717, 1.165) is 5.56 Å². The number of rotatable bonds is 3. The first kappa shape index (κ1) is 17.2. The minimum Gasteiger partial charge on any atom is -0.358 e. The van der Waals surface area contributed by atoms with Gasteiger partial charge in [-0.25, -0.2) is 13.4 Å². The predicted octanol–water partition coefficient (Wildman–Crippen LogP) is 3.62. The van der Waals surface area contributed by atoms with Crippen molar-refractivity contribution < 1.29 is 21.6 Å². The molecule has 0 bridgehead atoms. The molecule has 0 aliphatic heterocycles. The van der Waals surface area contributed by atoms with Crippen molar-refractivity contribution in [1.29, 1.82) is 5.26 Å². The summed E-state index contributed by atoms with van der Waals surface area (Å²) >= 11 is 0.0351. The number of aromatic amines is 1. The molecule has 3 aromatic rings. The molecule has 0 saturated carbocycles. The molecule has 0 unspecified atom stereocenters. The first-order chi connectivity index (χ1) is 11.6. The first-order valence-corrected chi connectivity index (χ1v) is 9.00. The number of alkyl halides is 3. The zero-order valence-electron chi connectivity index (χ0n) is 12.5. The lowest BCUT2D eigenvalue weighted by Crippen LogP contribution is -2.12. The van der Waals surface area contributed by atoms with Crippen LogP contribution in [0.15, 0.2) is 28.7 Å². The van der Waals surface area contributed by atoms with Crippen molar-refractivity contribution in [3.63, 3.8) is 0 Å². The maximum atomic E-state index is 12.6. The molecule has 11 heteroatoms. The molecule has 0 aliphatic carbocycles. The van der Waals surface area contributed by atoms with Crippen LogP contribution in [0.3, 0.4) is 0 Å². The maximum absolute atomic E-state index is 12.6. The average Bonchev–Trinajstić information content (AvgIpc) is 3.16. The Balaban J connectivity index is 2.04. The number of hydrogen-bond donors (Lipinski definition) is 2. The van der Waals surface area contributed by atoms with Gasteiger partial charge in [0.2, 0.25) is 0 Å². The quantitative estimate of drug-likeness (QED) is 0.718. The molecular weight excluding hydrogens is 377 g/mol. The Labute approximate surface area is 144 Å². The second-order valence-corrected chi connectivity index (χ2v) is 8.02. The summed E-state index contributed by atoms with van der Waals surface area (Å²) < 4.78 is 64.2. The van der Waals surface area contributed by atoms with Gasteiger partial charge in [-0.15, -0.1) is 0 Å². The minimum atomic E-state index is -4.71. The van der Waals surface area contributed by atoms with Gasteiger partial charge in [0, 0.05) is 11.6 Å². The SMILES string of the molecule is Cc1ccc(NS(=O)(=O)c2cnc(C(F)(F)F)s2)c2[nH]cc(C#N)c12. The Bertz CT molecular complexity index is 1110. The number of halogens is 3. The van der Waals surface area contributed by atoms with Crippen LogP contribution in [0.2, 0.25) is 0 Å². The number of fused-ring (bicyclic) bond motifs is 1. The largest absolute Gasteiger partial charge is 0.443 e. The van der Waals surface area contributed by atoms with Crippen LogP contribution in [0, 0.1) is 18.3 Å². The molecule has 3 rings (SSSR count). The van der Waals surface area contributed by atoms with Crippen LogP contribution < -0.4 is 4.72 Å². The van der Waals surface area contributed by atoms with Crippen LogP contribution in [-0.4, -0.2) is 18.4 Å². The van der Waals surface area contributed by atoms with Crippen LogP contribution in [0.4, 0.5) is 18.9 Å². The zero-order chi connectivity index (χ0) is 18.4. The van der Waals surface area contributed by atoms with Gasteiger partial charge < -0.3 is 4.98 Å². The molecule has 2 aromatic heterocycles. The highest BCUT2D eigenvalue weighted by Gasteiger charge is 2.36. The summed E-state index contributed by atoms with van der Waals surface area (Å²) in [7, 11) is -4.25. The van der Waals surface area contributed by atoms with Crippen LogP contribution in [0.1, 0.15) is 16.1 Å². The number of sulfonamides is 1. The number of aromatic nitrogens is 2. The Morgan fingerprint density at radius 3 is 2.68 bits per heavy atom. The molecule has 0 saturated heterocycles. The topological polar surface area (TPSA) is 98.6 Å². The second kappa shape index (κ2) is 5.75. The van der Waals surface area contributed by atoms with E-state index in [2.05, 4.69) is 14.7 Å². The summed E-state index contributed by atoms with van der Waals surface area (Å²) in [5, 5.41) is 8.41. The number of nitrogens with one attached hydrogen (secondary N) is 2.